The van der Waals surface area contributed by atoms with Crippen molar-refractivity contribution in [3.05, 3.63) is 47.7 Å². The summed E-state index contributed by atoms with van der Waals surface area (Å²) in [6, 6.07) is 8.65. The smallest absolute Gasteiger partial charge is 0.744 e. The van der Waals surface area contributed by atoms with Crippen molar-refractivity contribution < 1.29 is 97.7 Å². The molecular weight excluding hydrogens is 610 g/mol. The normalized spacial score (nSPS) is 11.7. The van der Waals surface area contributed by atoms with Crippen molar-refractivity contribution in [2.45, 2.75) is 9.79 Å². The van der Waals surface area contributed by atoms with Gasteiger partial charge in [-0.05, 0) is 54.1 Å². The number of nitrogens with zero attached hydrogens (tertiary/aromatic N) is 3. The van der Waals surface area contributed by atoms with Crippen molar-refractivity contribution in [1.29, 1.82) is 0 Å². The third-order valence-electron chi connectivity index (χ3n) is 4.19. The minimum Gasteiger partial charge on any atom is -0.744 e. The number of nitrogens with two attached hydrogens (primary N) is 1. The van der Waals surface area contributed by atoms with E-state index in [0.717, 1.165) is 6.07 Å². The topological polar surface area (TPSA) is 247 Å². The van der Waals surface area contributed by atoms with Gasteiger partial charge in [-0.1, -0.05) is 0 Å². The van der Waals surface area contributed by atoms with E-state index in [1.807, 2.05) is 0 Å². The predicted octanol–water partition coefficient (Wildman–Crippen LogP) is -5.24. The van der Waals surface area contributed by atoms with Crippen LogP contribution in [0.25, 0.3) is 0 Å². The van der Waals surface area contributed by atoms with Gasteiger partial charge in [-0.2, -0.15) is 15.0 Å². The summed E-state index contributed by atoms with van der Waals surface area (Å²) in [4.78, 5) is 11.1. The molecule has 3 aromatic rings. The van der Waals surface area contributed by atoms with E-state index in [2.05, 4.69) is 29.8 Å². The van der Waals surface area contributed by atoms with Crippen molar-refractivity contribution in [3.8, 4) is 0 Å². The van der Waals surface area contributed by atoms with E-state index in [0.29, 0.717) is 5.69 Å². The SMILES string of the molecule is Nc1cc(Nc2nc(Cl)nc(Nc3ccc(S(=O)(=O)CCOS(=O)(=O)[O-])cc3)n2)ccc1S(=O)(=O)[O-].[Na+].[Na+]. The van der Waals surface area contributed by atoms with Crippen molar-refractivity contribution in [2.75, 3.05) is 28.7 Å². The fraction of sp³-hybridized carbons (Fsp3) is 0.118. The van der Waals surface area contributed by atoms with E-state index in [-0.39, 0.29) is 92.6 Å². The molecule has 0 aliphatic carbocycles. The maximum Gasteiger partial charge on any atom is 1.00 e. The van der Waals surface area contributed by atoms with Crippen LogP contribution in [-0.4, -0.2) is 61.7 Å². The maximum absolute atomic E-state index is 12.2. The zero-order chi connectivity index (χ0) is 26.7. The Bertz CT molecular complexity index is 1610. The van der Waals surface area contributed by atoms with Crippen LogP contribution in [-0.2, 0) is 34.5 Å². The van der Waals surface area contributed by atoms with Crippen LogP contribution < -0.4 is 75.5 Å². The number of hydrogen-bond acceptors (Lipinski definition) is 15. The van der Waals surface area contributed by atoms with Gasteiger partial charge in [-0.15, -0.1) is 0 Å². The van der Waals surface area contributed by atoms with Crippen molar-refractivity contribution in [1.82, 2.24) is 15.0 Å². The summed E-state index contributed by atoms with van der Waals surface area (Å²) in [5.74, 6) is -0.845. The van der Waals surface area contributed by atoms with Gasteiger partial charge in [0.15, 0.2) is 9.84 Å². The molecule has 15 nitrogen and oxygen atoms in total. The molecule has 1 aromatic heterocycles. The summed E-state index contributed by atoms with van der Waals surface area (Å²) in [7, 11) is -13.7. The Hall–Kier alpha value is -1.13. The third-order valence-corrected chi connectivity index (χ3v) is 7.42. The van der Waals surface area contributed by atoms with Crippen molar-refractivity contribution in [2.24, 2.45) is 0 Å². The number of hydrogen-bond donors (Lipinski definition) is 3. The summed E-state index contributed by atoms with van der Waals surface area (Å²) < 4.78 is 93.2. The first kappa shape index (κ1) is 34.9. The number of halogens is 1. The molecule has 0 bridgehead atoms. The monoisotopic (exact) mass is 624 g/mol. The Kier molecular flexibility index (Phi) is 12.8. The summed E-state index contributed by atoms with van der Waals surface area (Å²) in [5.41, 5.74) is 5.91. The van der Waals surface area contributed by atoms with Crippen molar-refractivity contribution >= 4 is 70.9 Å². The fourth-order valence-corrected chi connectivity index (χ4v) is 4.91. The first-order valence-corrected chi connectivity index (χ1v) is 14.1. The Morgan fingerprint density at radius 1 is 0.842 bits per heavy atom. The maximum atomic E-state index is 12.2. The van der Waals surface area contributed by atoms with Crippen LogP contribution >= 0.6 is 11.6 Å². The molecule has 4 N–H and O–H groups in total. The first-order valence-electron chi connectivity index (χ1n) is 9.36. The predicted molar refractivity (Wildman–Crippen MR) is 124 cm³/mol. The average molecular weight is 625 g/mol. The zero-order valence-corrected chi connectivity index (χ0v) is 26.9. The number of aromatic nitrogens is 3. The summed E-state index contributed by atoms with van der Waals surface area (Å²) in [6.45, 7) is -0.825. The number of nitrogen functional groups attached to an aromatic ring is 1. The average Bonchev–Trinajstić information content (AvgIpc) is 2.71. The van der Waals surface area contributed by atoms with E-state index in [1.54, 1.807) is 0 Å². The largest absolute Gasteiger partial charge is 1.00 e. The molecule has 2 aromatic carbocycles. The first-order chi connectivity index (χ1) is 16.6. The van der Waals surface area contributed by atoms with Gasteiger partial charge in [-0.25, -0.2) is 25.3 Å². The van der Waals surface area contributed by atoms with E-state index in [4.69, 9.17) is 17.3 Å². The molecule has 0 saturated carbocycles. The quantitative estimate of drug-likeness (QED) is 0.0825. The Morgan fingerprint density at radius 2 is 1.37 bits per heavy atom. The third kappa shape index (κ3) is 10.5. The molecule has 194 valence electrons. The summed E-state index contributed by atoms with van der Waals surface area (Å²) >= 11 is 5.92. The minimum atomic E-state index is -5.01. The second kappa shape index (κ2) is 14.0. The van der Waals surface area contributed by atoms with Crippen LogP contribution in [0.4, 0.5) is 29.0 Å². The van der Waals surface area contributed by atoms with E-state index in [1.165, 1.54) is 36.4 Å². The molecule has 3 rings (SSSR count). The fourth-order valence-electron chi connectivity index (χ4n) is 2.68. The standard InChI is InChI=1S/C17H17ClN6O9S3.2Na/c18-15-22-16(24-17(23-15)21-11-3-6-14(13(19)9-11)35(27,28)29)20-10-1-4-12(5-2-10)34(25,26)8-7-33-36(30,31)32;;/h1-6,9H,7-8,19H2,(H,27,28,29)(H,30,31,32)(H2,20,21,22,23,24);;/q;2*+1/p-2. The Balaban J connectivity index is 0.00000361. The van der Waals surface area contributed by atoms with Gasteiger partial charge in [-0.3, -0.25) is 4.18 Å². The molecule has 0 spiro atoms. The number of benzene rings is 2. The van der Waals surface area contributed by atoms with Gasteiger partial charge >= 0.3 is 59.1 Å². The molecule has 0 atom stereocenters. The molecule has 0 amide bonds. The number of rotatable bonds is 10. The molecule has 0 aliphatic rings. The van der Waals surface area contributed by atoms with E-state index < -0.39 is 47.6 Å². The van der Waals surface area contributed by atoms with Gasteiger partial charge in [0, 0.05) is 11.4 Å². The number of sulfone groups is 1. The Labute approximate surface area is 267 Å². The van der Waals surface area contributed by atoms with Gasteiger partial charge < -0.3 is 25.5 Å². The minimum absolute atomic E-state index is 0. The van der Waals surface area contributed by atoms with E-state index in [9.17, 15) is 34.4 Å². The van der Waals surface area contributed by atoms with Gasteiger partial charge in [0.05, 0.1) is 27.8 Å². The zero-order valence-electron chi connectivity index (χ0n) is 19.7. The molecule has 38 heavy (non-hydrogen) atoms. The molecular formula is C17H15ClN6Na2O9S3. The number of nitrogens with one attached hydrogen (secondary N) is 2. The van der Waals surface area contributed by atoms with Crippen LogP contribution in [0, 0.1) is 0 Å². The molecule has 0 aliphatic heterocycles. The van der Waals surface area contributed by atoms with E-state index >= 15 is 0 Å². The molecule has 0 fully saturated rings. The van der Waals surface area contributed by atoms with Crippen LogP contribution in [0.15, 0.2) is 52.3 Å². The van der Waals surface area contributed by atoms with Crippen LogP contribution in [0.5, 0.6) is 0 Å². The van der Waals surface area contributed by atoms with Crippen molar-refractivity contribution in [3.63, 3.8) is 0 Å². The Morgan fingerprint density at radius 3 is 1.87 bits per heavy atom. The number of anilines is 5. The summed E-state index contributed by atoms with van der Waals surface area (Å²) in [6.07, 6.45) is 0. The molecule has 0 saturated heterocycles. The van der Waals surface area contributed by atoms with Crippen LogP contribution in [0.2, 0.25) is 5.28 Å². The van der Waals surface area contributed by atoms with Crippen LogP contribution in [0.1, 0.15) is 0 Å². The van der Waals surface area contributed by atoms with Gasteiger partial charge in [0.25, 0.3) is 0 Å². The second-order valence-corrected chi connectivity index (χ2v) is 11.6. The molecule has 21 heteroatoms. The van der Waals surface area contributed by atoms with Gasteiger partial charge in [0.1, 0.15) is 10.1 Å². The molecule has 1 heterocycles. The van der Waals surface area contributed by atoms with Gasteiger partial charge in [0.2, 0.25) is 27.6 Å². The second-order valence-electron chi connectivity index (χ2n) is 6.78. The summed E-state index contributed by atoms with van der Waals surface area (Å²) in [5, 5.41) is 5.28. The molecule has 0 unspecified atom stereocenters. The molecule has 0 radical (unpaired) electrons. The van der Waals surface area contributed by atoms with Crippen LogP contribution in [0.3, 0.4) is 0 Å².